The lowest BCUT2D eigenvalue weighted by atomic mass is 9.83. The van der Waals surface area contributed by atoms with Gasteiger partial charge >= 0.3 is 5.97 Å². The maximum absolute atomic E-state index is 12.2. The maximum Gasteiger partial charge on any atom is 0.306 e. The maximum atomic E-state index is 12.2. The van der Waals surface area contributed by atoms with E-state index in [9.17, 15) is 14.7 Å². The van der Waals surface area contributed by atoms with Gasteiger partial charge in [-0.25, -0.2) is 0 Å². The molecular weight excluding hydrogens is 360 g/mol. The van der Waals surface area contributed by atoms with Gasteiger partial charge in [-0.3, -0.25) is 9.59 Å². The first kappa shape index (κ1) is 24.2. The van der Waals surface area contributed by atoms with Gasteiger partial charge < -0.3 is 9.84 Å². The predicted molar refractivity (Wildman–Crippen MR) is 113 cm³/mol. The number of unbranched alkanes of at least 4 members (excludes halogenated alkanes) is 3. The van der Waals surface area contributed by atoms with Gasteiger partial charge in [0.1, 0.15) is 0 Å². The minimum atomic E-state index is -0.273. The monoisotopic (exact) mass is 398 g/mol. The van der Waals surface area contributed by atoms with Crippen LogP contribution in [0.4, 0.5) is 0 Å². The van der Waals surface area contributed by atoms with Gasteiger partial charge in [0.2, 0.25) is 0 Å². The van der Waals surface area contributed by atoms with Crippen LogP contribution in [0.5, 0.6) is 0 Å². The summed E-state index contributed by atoms with van der Waals surface area (Å²) in [5.41, 5.74) is -0.0677. The Kier molecular flexibility index (Phi) is 11.3. The Balaban J connectivity index is 2.31. The number of rotatable bonds is 14. The lowest BCUT2D eigenvalue weighted by molar-refractivity contribution is -0.143. The lowest BCUT2D eigenvalue weighted by Gasteiger charge is -2.24. The molecule has 1 aliphatic rings. The summed E-state index contributed by atoms with van der Waals surface area (Å²) in [6, 6.07) is 0. The van der Waals surface area contributed by atoms with Gasteiger partial charge in [-0.2, -0.15) is 11.8 Å². The summed E-state index contributed by atoms with van der Waals surface area (Å²) >= 11 is 1.72. The van der Waals surface area contributed by atoms with Gasteiger partial charge in [0.15, 0.2) is 5.78 Å². The number of aliphatic hydroxyl groups is 1. The second-order valence-corrected chi connectivity index (χ2v) is 9.69. The minimum absolute atomic E-state index is 0.0431. The van der Waals surface area contributed by atoms with Crippen molar-refractivity contribution in [2.45, 2.75) is 89.9 Å². The number of aliphatic hydroxyl groups excluding tert-OH is 1. The summed E-state index contributed by atoms with van der Waals surface area (Å²) in [6.07, 6.45) is 12.0. The van der Waals surface area contributed by atoms with Gasteiger partial charge in [-0.05, 0) is 30.8 Å². The molecule has 0 saturated heterocycles. The van der Waals surface area contributed by atoms with Crippen LogP contribution in [-0.2, 0) is 14.3 Å². The van der Waals surface area contributed by atoms with Crippen molar-refractivity contribution in [3.8, 4) is 0 Å². The lowest BCUT2D eigenvalue weighted by Crippen LogP contribution is -2.21. The van der Waals surface area contributed by atoms with E-state index in [-0.39, 0.29) is 34.4 Å². The molecule has 156 valence electrons. The van der Waals surface area contributed by atoms with E-state index in [1.54, 1.807) is 17.8 Å². The number of allylic oxidation sites excluding steroid dienone is 1. The van der Waals surface area contributed by atoms with Crippen LogP contribution in [0, 0.1) is 11.3 Å². The van der Waals surface area contributed by atoms with E-state index in [1.165, 1.54) is 13.5 Å². The summed E-state index contributed by atoms with van der Waals surface area (Å²) in [7, 11) is 1.43. The number of carbonyl (C=O) groups is 2. The van der Waals surface area contributed by atoms with Crippen molar-refractivity contribution in [2.24, 2.45) is 11.3 Å². The molecule has 5 heteroatoms. The topological polar surface area (TPSA) is 63.6 Å². The number of methoxy groups -OCH3 is 1. The summed E-state index contributed by atoms with van der Waals surface area (Å²) in [5, 5.41) is 10.3. The third-order valence-corrected chi connectivity index (χ3v) is 6.75. The van der Waals surface area contributed by atoms with E-state index in [2.05, 4.69) is 20.8 Å². The zero-order chi connectivity index (χ0) is 20.3. The van der Waals surface area contributed by atoms with Crippen LogP contribution in [0.25, 0.3) is 0 Å². The van der Waals surface area contributed by atoms with Gasteiger partial charge in [0.05, 0.1) is 19.6 Å². The average Bonchev–Trinajstić information content (AvgIpc) is 2.96. The molecule has 1 N–H and O–H groups in total. The summed E-state index contributed by atoms with van der Waals surface area (Å²) in [4.78, 5) is 23.7. The molecule has 0 bridgehead atoms. The molecule has 27 heavy (non-hydrogen) atoms. The molecule has 0 radical (unpaired) electrons. The van der Waals surface area contributed by atoms with Crippen molar-refractivity contribution in [2.75, 3.05) is 12.9 Å². The molecular formula is C22H38O4S. The van der Waals surface area contributed by atoms with Crippen LogP contribution >= 0.6 is 11.8 Å². The Morgan fingerprint density at radius 1 is 1.30 bits per heavy atom. The smallest absolute Gasteiger partial charge is 0.306 e. The van der Waals surface area contributed by atoms with Gasteiger partial charge in [-0.15, -0.1) is 0 Å². The third kappa shape index (κ3) is 9.79. The molecule has 0 amide bonds. The summed E-state index contributed by atoms with van der Waals surface area (Å²) in [5.74, 6) is 0.807. The van der Waals surface area contributed by atoms with Gasteiger partial charge in [0.25, 0.3) is 0 Å². The summed E-state index contributed by atoms with van der Waals surface area (Å²) < 4.78 is 4.76. The fraction of sp³-hybridized carbons (Fsp3) is 0.818. The van der Waals surface area contributed by atoms with Crippen molar-refractivity contribution in [3.63, 3.8) is 0 Å². The van der Waals surface area contributed by atoms with Crippen LogP contribution in [0.1, 0.15) is 78.6 Å². The standard InChI is InChI=1S/C22H38O4S/c1-5-6-7-10-17(23)16-27-20-13-12-19(24)18(20)11-8-9-14-22(2,3)15-21(25)26-4/h12-13,17-18,20,23H,5-11,14-16H2,1-4H3. The average molecular weight is 399 g/mol. The molecule has 1 aliphatic carbocycles. The van der Waals surface area contributed by atoms with Crippen LogP contribution in [0.2, 0.25) is 0 Å². The number of ether oxygens (including phenoxy) is 1. The summed E-state index contributed by atoms with van der Waals surface area (Å²) in [6.45, 7) is 6.34. The fourth-order valence-corrected chi connectivity index (χ4v) is 4.85. The highest BCUT2D eigenvalue weighted by Gasteiger charge is 2.30. The van der Waals surface area contributed by atoms with Crippen molar-refractivity contribution in [1.82, 2.24) is 0 Å². The zero-order valence-electron chi connectivity index (χ0n) is 17.5. The second-order valence-electron chi connectivity index (χ2n) is 8.48. The highest BCUT2D eigenvalue weighted by Crippen LogP contribution is 2.34. The van der Waals surface area contributed by atoms with Crippen LogP contribution < -0.4 is 0 Å². The molecule has 0 fully saturated rings. The zero-order valence-corrected chi connectivity index (χ0v) is 18.4. The number of hydrogen-bond donors (Lipinski definition) is 1. The molecule has 0 aliphatic heterocycles. The molecule has 1 rings (SSSR count). The largest absolute Gasteiger partial charge is 0.469 e. The van der Waals surface area contributed by atoms with E-state index in [1.807, 2.05) is 6.08 Å². The number of hydrogen-bond acceptors (Lipinski definition) is 5. The minimum Gasteiger partial charge on any atom is -0.469 e. The number of ketones is 1. The quantitative estimate of drug-likeness (QED) is 0.332. The SMILES string of the molecule is CCCCCC(O)CSC1C=CC(=O)C1CCCCC(C)(C)CC(=O)OC. The normalized spacial score (nSPS) is 20.9. The Labute approximate surface area is 169 Å². The van der Waals surface area contributed by atoms with E-state index >= 15 is 0 Å². The Morgan fingerprint density at radius 2 is 2.04 bits per heavy atom. The van der Waals surface area contributed by atoms with E-state index in [0.29, 0.717) is 12.2 Å². The van der Waals surface area contributed by atoms with Crippen LogP contribution in [0.3, 0.4) is 0 Å². The molecule has 0 aromatic heterocycles. The number of carbonyl (C=O) groups excluding carboxylic acids is 2. The molecule has 0 spiro atoms. The van der Waals surface area contributed by atoms with Crippen molar-refractivity contribution >= 4 is 23.5 Å². The Morgan fingerprint density at radius 3 is 2.70 bits per heavy atom. The van der Waals surface area contributed by atoms with Gasteiger partial charge in [0, 0.05) is 16.9 Å². The molecule has 0 heterocycles. The van der Waals surface area contributed by atoms with Crippen LogP contribution in [0.15, 0.2) is 12.2 Å². The van der Waals surface area contributed by atoms with Crippen molar-refractivity contribution < 1.29 is 19.4 Å². The first-order valence-corrected chi connectivity index (χ1v) is 11.4. The fourth-order valence-electron chi connectivity index (χ4n) is 3.54. The molecule has 0 aromatic rings. The van der Waals surface area contributed by atoms with E-state index in [4.69, 9.17) is 4.74 Å². The Bertz CT molecular complexity index is 487. The second kappa shape index (κ2) is 12.6. The Hall–Kier alpha value is -0.810. The highest BCUT2D eigenvalue weighted by molar-refractivity contribution is 8.00. The molecule has 3 unspecified atom stereocenters. The molecule has 0 saturated carbocycles. The highest BCUT2D eigenvalue weighted by atomic mass is 32.2. The third-order valence-electron chi connectivity index (χ3n) is 5.30. The molecule has 3 atom stereocenters. The molecule has 4 nitrogen and oxygen atoms in total. The van der Waals surface area contributed by atoms with E-state index < -0.39 is 0 Å². The predicted octanol–water partition coefficient (Wildman–Crippen LogP) is 4.93. The number of thioether (sulfide) groups is 1. The van der Waals surface area contributed by atoms with Crippen LogP contribution in [-0.4, -0.2) is 41.1 Å². The molecule has 0 aromatic carbocycles. The van der Waals surface area contributed by atoms with Gasteiger partial charge in [-0.1, -0.05) is 59.0 Å². The first-order chi connectivity index (χ1) is 12.8. The van der Waals surface area contributed by atoms with E-state index in [0.717, 1.165) is 44.9 Å². The van der Waals surface area contributed by atoms with Crippen molar-refractivity contribution in [1.29, 1.82) is 0 Å². The first-order valence-electron chi connectivity index (χ1n) is 10.4. The van der Waals surface area contributed by atoms with Crippen molar-refractivity contribution in [3.05, 3.63) is 12.2 Å². The number of esters is 1.